The lowest BCUT2D eigenvalue weighted by Crippen LogP contribution is -2.22. The Morgan fingerprint density at radius 2 is 1.61 bits per heavy atom. The van der Waals surface area contributed by atoms with Gasteiger partial charge in [0.1, 0.15) is 11.5 Å². The molecule has 0 amide bonds. The van der Waals surface area contributed by atoms with Gasteiger partial charge in [-0.25, -0.2) is 9.59 Å². The highest BCUT2D eigenvalue weighted by molar-refractivity contribution is 6.30. The van der Waals surface area contributed by atoms with Gasteiger partial charge in [-0.1, -0.05) is 24.3 Å². The molecule has 23 heavy (non-hydrogen) atoms. The normalized spacial score (nSPS) is 9.78. The minimum Gasteiger partial charge on any atom is -0.458 e. The Morgan fingerprint density at radius 3 is 2.30 bits per heavy atom. The first-order valence-corrected chi connectivity index (χ1v) is 6.86. The van der Waals surface area contributed by atoms with E-state index >= 15 is 0 Å². The number of hydrogen-bond donors (Lipinski definition) is 0. The Morgan fingerprint density at radius 1 is 0.913 bits per heavy atom. The van der Waals surface area contributed by atoms with Crippen LogP contribution >= 0.6 is 0 Å². The second-order valence-electron chi connectivity index (χ2n) is 4.33. The van der Waals surface area contributed by atoms with Crippen molar-refractivity contribution in [1.29, 1.82) is 0 Å². The van der Waals surface area contributed by atoms with Crippen LogP contribution in [0.2, 0.25) is 0 Å². The lowest BCUT2D eigenvalue weighted by Gasteiger charge is -2.04. The molecule has 0 bridgehead atoms. The van der Waals surface area contributed by atoms with Gasteiger partial charge in [0.2, 0.25) is 5.43 Å². The average Bonchev–Trinajstić information content (AvgIpc) is 2.70. The van der Waals surface area contributed by atoms with Crippen LogP contribution in [0.5, 0.6) is 17.2 Å². The van der Waals surface area contributed by atoms with Crippen molar-refractivity contribution in [3.63, 3.8) is 0 Å². The van der Waals surface area contributed by atoms with Gasteiger partial charge >= 0.3 is 11.9 Å². The summed E-state index contributed by atoms with van der Waals surface area (Å²) in [5.74, 6) is -1.86. The van der Waals surface area contributed by atoms with Gasteiger partial charge in [-0.3, -0.25) is 4.79 Å². The van der Waals surface area contributed by atoms with Crippen molar-refractivity contribution in [3.8, 4) is 17.2 Å². The zero-order chi connectivity index (χ0) is 16.7. The van der Waals surface area contributed by atoms with Crippen LogP contribution < -0.4 is 14.9 Å². The number of para-hydroxylation sites is 1. The number of carbonyl (C=O) groups excluding carboxylic acids is 2. The summed E-state index contributed by atoms with van der Waals surface area (Å²) in [6.07, 6.45) is 0. The van der Waals surface area contributed by atoms with Crippen LogP contribution in [0.3, 0.4) is 0 Å². The van der Waals surface area contributed by atoms with Crippen molar-refractivity contribution < 1.29 is 23.8 Å². The fourth-order valence-electron chi connectivity index (χ4n) is 1.66. The van der Waals surface area contributed by atoms with Gasteiger partial charge in [-0.15, -0.1) is 0 Å². The molecule has 118 valence electrons. The van der Waals surface area contributed by atoms with Crippen LogP contribution in [0.15, 0.2) is 59.4 Å². The third-order valence-electron chi connectivity index (χ3n) is 2.65. The first-order chi connectivity index (χ1) is 11.1. The number of carbonyl (C=O) groups is 2. The van der Waals surface area contributed by atoms with E-state index in [1.807, 2.05) is 6.07 Å². The van der Waals surface area contributed by atoms with E-state index in [9.17, 15) is 14.4 Å². The second-order valence-corrected chi connectivity index (χ2v) is 4.33. The Bertz CT molecular complexity index is 754. The quantitative estimate of drug-likeness (QED) is 0.636. The Kier molecular flexibility index (Phi) is 5.46. The summed E-state index contributed by atoms with van der Waals surface area (Å²) in [6.45, 7) is 1.63. The van der Waals surface area contributed by atoms with E-state index in [0.717, 1.165) is 0 Å². The topological polar surface area (TPSA) is 78.9 Å². The van der Waals surface area contributed by atoms with E-state index in [2.05, 4.69) is 4.74 Å². The molecule has 6 heteroatoms. The Hall–Kier alpha value is -3.15. The molecule has 2 aromatic rings. The zero-order valence-corrected chi connectivity index (χ0v) is 12.4. The molecule has 0 saturated heterocycles. The molecule has 0 heterocycles. The molecular weight excluding hydrogens is 300 g/mol. The van der Waals surface area contributed by atoms with Crippen LogP contribution in [0.4, 0.5) is 0 Å². The lowest BCUT2D eigenvalue weighted by atomic mass is 10.3. The number of rotatable bonds is 4. The molecule has 0 fully saturated rings. The van der Waals surface area contributed by atoms with Gasteiger partial charge in [0, 0.05) is 6.07 Å². The van der Waals surface area contributed by atoms with Crippen LogP contribution in [0, 0.1) is 0 Å². The van der Waals surface area contributed by atoms with E-state index in [1.165, 1.54) is 24.3 Å². The van der Waals surface area contributed by atoms with Crippen molar-refractivity contribution >= 4 is 11.9 Å². The Labute approximate surface area is 132 Å². The highest BCUT2D eigenvalue weighted by Crippen LogP contribution is 2.21. The molecule has 0 unspecified atom stereocenters. The molecule has 0 N–H and O–H groups in total. The van der Waals surface area contributed by atoms with E-state index in [0.29, 0.717) is 5.75 Å². The number of benzene rings is 1. The smallest absolute Gasteiger partial charge is 0.422 e. The number of esters is 2. The van der Waals surface area contributed by atoms with Gasteiger partial charge in [0.25, 0.3) is 0 Å². The maximum absolute atomic E-state index is 11.9. The van der Waals surface area contributed by atoms with Crippen LogP contribution in [0.1, 0.15) is 6.92 Å². The molecule has 0 radical (unpaired) electrons. The van der Waals surface area contributed by atoms with E-state index in [4.69, 9.17) is 9.47 Å². The predicted octanol–water partition coefficient (Wildman–Crippen LogP) is 2.31. The molecule has 0 saturated carbocycles. The lowest BCUT2D eigenvalue weighted by molar-refractivity contribution is -0.161. The standard InChI is InChI=1S/C17H14O6/c1-2-21-16(19)17(20)23-13-9-6-10-14(18)15(11-13)22-12-7-4-3-5-8-12/h3-11H,2H2,1H3. The van der Waals surface area contributed by atoms with Crippen molar-refractivity contribution in [2.75, 3.05) is 6.61 Å². The molecule has 0 aliphatic carbocycles. The summed E-state index contributed by atoms with van der Waals surface area (Å²) in [5, 5.41) is 0. The molecule has 0 aliphatic rings. The van der Waals surface area contributed by atoms with Gasteiger partial charge in [0.15, 0.2) is 5.75 Å². The largest absolute Gasteiger partial charge is 0.458 e. The minimum atomic E-state index is -1.17. The van der Waals surface area contributed by atoms with Gasteiger partial charge < -0.3 is 14.2 Å². The summed E-state index contributed by atoms with van der Waals surface area (Å²) in [4.78, 5) is 34.8. The average molecular weight is 314 g/mol. The second kappa shape index (κ2) is 7.74. The maximum Gasteiger partial charge on any atom is 0.422 e. The first kappa shape index (κ1) is 16.2. The third-order valence-corrected chi connectivity index (χ3v) is 2.65. The highest BCUT2D eigenvalue weighted by atomic mass is 16.6. The van der Waals surface area contributed by atoms with Crippen molar-refractivity contribution in [2.24, 2.45) is 0 Å². The fraction of sp³-hybridized carbons (Fsp3) is 0.118. The van der Waals surface area contributed by atoms with Crippen molar-refractivity contribution in [1.82, 2.24) is 0 Å². The monoisotopic (exact) mass is 314 g/mol. The summed E-state index contributed by atoms with van der Waals surface area (Å²) in [5.41, 5.74) is -0.396. The van der Waals surface area contributed by atoms with Gasteiger partial charge in [-0.05, 0) is 31.2 Å². The molecule has 0 aromatic heterocycles. The van der Waals surface area contributed by atoms with E-state index in [1.54, 1.807) is 31.2 Å². The van der Waals surface area contributed by atoms with Gasteiger partial charge in [-0.2, -0.15) is 0 Å². The molecule has 0 spiro atoms. The SMILES string of the molecule is CCOC(=O)C(=O)Oc1cccc(=O)c(Oc2ccccc2)c1. The summed E-state index contributed by atoms with van der Waals surface area (Å²) < 4.78 is 14.9. The molecule has 2 aromatic carbocycles. The maximum atomic E-state index is 11.9. The van der Waals surface area contributed by atoms with Crippen LogP contribution in [0.25, 0.3) is 0 Å². The van der Waals surface area contributed by atoms with Crippen molar-refractivity contribution in [3.05, 3.63) is 64.8 Å². The number of ether oxygens (including phenoxy) is 3. The summed E-state index contributed by atoms with van der Waals surface area (Å²) in [7, 11) is 0. The van der Waals surface area contributed by atoms with E-state index in [-0.39, 0.29) is 18.1 Å². The third kappa shape index (κ3) is 4.67. The Balaban J connectivity index is 2.24. The molecule has 0 aliphatic heterocycles. The molecule has 6 nitrogen and oxygen atoms in total. The molecule has 0 atom stereocenters. The zero-order valence-electron chi connectivity index (χ0n) is 12.4. The van der Waals surface area contributed by atoms with Gasteiger partial charge in [0.05, 0.1) is 6.61 Å². The summed E-state index contributed by atoms with van der Waals surface area (Å²) >= 11 is 0. The van der Waals surface area contributed by atoms with Crippen molar-refractivity contribution in [2.45, 2.75) is 6.92 Å². The number of hydrogen-bond acceptors (Lipinski definition) is 6. The minimum absolute atomic E-state index is 0.00363. The highest BCUT2D eigenvalue weighted by Gasteiger charge is 2.18. The van der Waals surface area contributed by atoms with Crippen LogP contribution in [-0.2, 0) is 14.3 Å². The summed E-state index contributed by atoms with van der Waals surface area (Å²) in [6, 6.07) is 13.9. The first-order valence-electron chi connectivity index (χ1n) is 6.86. The molecule has 2 rings (SSSR count). The van der Waals surface area contributed by atoms with E-state index < -0.39 is 17.4 Å². The molecular formula is C17H14O6. The fourth-order valence-corrected chi connectivity index (χ4v) is 1.66. The van der Waals surface area contributed by atoms with Crippen LogP contribution in [-0.4, -0.2) is 18.5 Å². The predicted molar refractivity (Wildman–Crippen MR) is 81.5 cm³/mol.